The van der Waals surface area contributed by atoms with E-state index in [1.807, 2.05) is 25.1 Å². The van der Waals surface area contributed by atoms with E-state index < -0.39 is 0 Å². The Labute approximate surface area is 84.7 Å². The van der Waals surface area contributed by atoms with Crippen LogP contribution in [-0.2, 0) is 0 Å². The molecular formula is C11H17NO2. The molecule has 3 heteroatoms. The van der Waals surface area contributed by atoms with Gasteiger partial charge in [0, 0.05) is 13.2 Å². The molecule has 1 rings (SSSR count). The maximum absolute atomic E-state index is 8.65. The minimum Gasteiger partial charge on any atom is -0.495 e. The van der Waals surface area contributed by atoms with Gasteiger partial charge < -0.3 is 15.2 Å². The van der Waals surface area contributed by atoms with Crippen molar-refractivity contribution in [3.05, 3.63) is 23.8 Å². The molecule has 0 amide bonds. The van der Waals surface area contributed by atoms with Crippen LogP contribution in [0.1, 0.15) is 12.0 Å². The van der Waals surface area contributed by atoms with Crippen molar-refractivity contribution in [1.82, 2.24) is 0 Å². The van der Waals surface area contributed by atoms with Crippen molar-refractivity contribution in [3.63, 3.8) is 0 Å². The van der Waals surface area contributed by atoms with E-state index in [9.17, 15) is 0 Å². The van der Waals surface area contributed by atoms with E-state index in [1.54, 1.807) is 7.11 Å². The van der Waals surface area contributed by atoms with Crippen LogP contribution in [0.4, 0.5) is 5.69 Å². The number of aliphatic hydroxyl groups is 1. The number of ether oxygens (including phenoxy) is 1. The molecule has 0 unspecified atom stereocenters. The van der Waals surface area contributed by atoms with Crippen LogP contribution in [0.3, 0.4) is 0 Å². The van der Waals surface area contributed by atoms with E-state index in [1.165, 1.54) is 5.56 Å². The van der Waals surface area contributed by atoms with Gasteiger partial charge in [0.05, 0.1) is 12.8 Å². The van der Waals surface area contributed by atoms with Crippen LogP contribution in [0, 0.1) is 6.92 Å². The van der Waals surface area contributed by atoms with Crippen LogP contribution in [0.5, 0.6) is 5.75 Å². The van der Waals surface area contributed by atoms with Gasteiger partial charge in [-0.05, 0) is 31.0 Å². The molecule has 0 aromatic heterocycles. The van der Waals surface area contributed by atoms with Crippen LogP contribution in [0.25, 0.3) is 0 Å². The number of hydrogen-bond acceptors (Lipinski definition) is 3. The molecule has 78 valence electrons. The highest BCUT2D eigenvalue weighted by Crippen LogP contribution is 2.24. The Morgan fingerprint density at radius 1 is 1.43 bits per heavy atom. The van der Waals surface area contributed by atoms with Crippen LogP contribution in [0.2, 0.25) is 0 Å². The fourth-order valence-corrected chi connectivity index (χ4v) is 1.26. The molecule has 0 aliphatic heterocycles. The molecule has 0 aliphatic rings. The first-order valence-corrected chi connectivity index (χ1v) is 4.77. The maximum Gasteiger partial charge on any atom is 0.141 e. The topological polar surface area (TPSA) is 41.5 Å². The lowest BCUT2D eigenvalue weighted by atomic mass is 10.2. The third-order valence-corrected chi connectivity index (χ3v) is 2.01. The van der Waals surface area contributed by atoms with Gasteiger partial charge in [-0.25, -0.2) is 0 Å². The first kappa shape index (κ1) is 10.9. The molecular weight excluding hydrogens is 178 g/mol. The van der Waals surface area contributed by atoms with Gasteiger partial charge in [-0.15, -0.1) is 0 Å². The fourth-order valence-electron chi connectivity index (χ4n) is 1.26. The molecule has 0 saturated carbocycles. The lowest BCUT2D eigenvalue weighted by Crippen LogP contribution is -2.04. The van der Waals surface area contributed by atoms with Gasteiger partial charge in [-0.3, -0.25) is 0 Å². The molecule has 14 heavy (non-hydrogen) atoms. The van der Waals surface area contributed by atoms with Crippen LogP contribution in [0.15, 0.2) is 18.2 Å². The summed E-state index contributed by atoms with van der Waals surface area (Å²) in [6.45, 7) is 3.01. The summed E-state index contributed by atoms with van der Waals surface area (Å²) in [7, 11) is 1.65. The number of nitrogens with one attached hydrogen (secondary N) is 1. The Balaban J connectivity index is 2.67. The van der Waals surface area contributed by atoms with Crippen LogP contribution >= 0.6 is 0 Å². The SMILES string of the molecule is COc1ccc(C)cc1NCCCO. The summed E-state index contributed by atoms with van der Waals surface area (Å²) in [4.78, 5) is 0. The Bertz CT molecular complexity index is 287. The number of aliphatic hydroxyl groups excluding tert-OH is 1. The smallest absolute Gasteiger partial charge is 0.141 e. The molecule has 0 fully saturated rings. The number of anilines is 1. The summed E-state index contributed by atoms with van der Waals surface area (Å²) in [5.74, 6) is 0.841. The number of rotatable bonds is 5. The lowest BCUT2D eigenvalue weighted by Gasteiger charge is -2.11. The highest BCUT2D eigenvalue weighted by molar-refractivity contribution is 5.57. The highest BCUT2D eigenvalue weighted by atomic mass is 16.5. The standard InChI is InChI=1S/C11H17NO2/c1-9-4-5-11(14-2)10(8-9)12-6-3-7-13/h4-5,8,12-13H,3,6-7H2,1-2H3. The molecule has 2 N–H and O–H groups in total. The van der Waals surface area contributed by atoms with E-state index in [4.69, 9.17) is 9.84 Å². The Hall–Kier alpha value is -1.22. The Kier molecular flexibility index (Phi) is 4.26. The zero-order valence-corrected chi connectivity index (χ0v) is 8.71. The summed E-state index contributed by atoms with van der Waals surface area (Å²) in [6.07, 6.45) is 0.747. The summed E-state index contributed by atoms with van der Waals surface area (Å²) in [5, 5.41) is 11.9. The highest BCUT2D eigenvalue weighted by Gasteiger charge is 2.01. The first-order chi connectivity index (χ1) is 6.77. The second-order valence-electron chi connectivity index (χ2n) is 3.21. The predicted octanol–water partition coefficient (Wildman–Crippen LogP) is 1.80. The maximum atomic E-state index is 8.65. The summed E-state index contributed by atoms with van der Waals surface area (Å²) < 4.78 is 5.21. The van der Waals surface area contributed by atoms with Crippen molar-refractivity contribution in [2.75, 3.05) is 25.6 Å². The van der Waals surface area contributed by atoms with E-state index in [0.717, 1.165) is 24.4 Å². The van der Waals surface area contributed by atoms with E-state index in [-0.39, 0.29) is 6.61 Å². The first-order valence-electron chi connectivity index (χ1n) is 4.77. The quantitative estimate of drug-likeness (QED) is 0.704. The van der Waals surface area contributed by atoms with Crippen LogP contribution in [-0.4, -0.2) is 25.4 Å². The Morgan fingerprint density at radius 2 is 2.21 bits per heavy atom. The molecule has 0 spiro atoms. The molecule has 0 atom stereocenters. The second-order valence-corrected chi connectivity index (χ2v) is 3.21. The van der Waals surface area contributed by atoms with Crippen molar-refractivity contribution >= 4 is 5.69 Å². The van der Waals surface area contributed by atoms with Crippen molar-refractivity contribution in [2.24, 2.45) is 0 Å². The molecule has 0 radical (unpaired) electrons. The average molecular weight is 195 g/mol. The largest absolute Gasteiger partial charge is 0.495 e. The molecule has 0 bridgehead atoms. The minimum absolute atomic E-state index is 0.209. The molecule has 0 aliphatic carbocycles. The molecule has 0 heterocycles. The molecule has 1 aromatic carbocycles. The Morgan fingerprint density at radius 3 is 2.86 bits per heavy atom. The average Bonchev–Trinajstić information content (AvgIpc) is 2.19. The van der Waals surface area contributed by atoms with Gasteiger partial charge in [0.1, 0.15) is 5.75 Å². The van der Waals surface area contributed by atoms with Gasteiger partial charge in [0.15, 0.2) is 0 Å². The van der Waals surface area contributed by atoms with Gasteiger partial charge in [-0.2, -0.15) is 0 Å². The van der Waals surface area contributed by atoms with Gasteiger partial charge in [-0.1, -0.05) is 6.07 Å². The molecule has 1 aromatic rings. The van der Waals surface area contributed by atoms with E-state index in [2.05, 4.69) is 5.32 Å². The number of aryl methyl sites for hydroxylation is 1. The number of benzene rings is 1. The van der Waals surface area contributed by atoms with Gasteiger partial charge in [0.25, 0.3) is 0 Å². The normalized spacial score (nSPS) is 9.93. The van der Waals surface area contributed by atoms with Crippen molar-refractivity contribution in [1.29, 1.82) is 0 Å². The number of hydrogen-bond donors (Lipinski definition) is 2. The number of methoxy groups -OCH3 is 1. The van der Waals surface area contributed by atoms with Crippen LogP contribution < -0.4 is 10.1 Å². The summed E-state index contributed by atoms with van der Waals surface area (Å²) in [5.41, 5.74) is 2.18. The fraction of sp³-hybridized carbons (Fsp3) is 0.455. The van der Waals surface area contributed by atoms with Gasteiger partial charge >= 0.3 is 0 Å². The zero-order chi connectivity index (χ0) is 10.4. The third kappa shape index (κ3) is 2.92. The molecule has 3 nitrogen and oxygen atoms in total. The second kappa shape index (κ2) is 5.50. The van der Waals surface area contributed by atoms with Gasteiger partial charge in [0.2, 0.25) is 0 Å². The van der Waals surface area contributed by atoms with Crippen molar-refractivity contribution in [3.8, 4) is 5.75 Å². The monoisotopic (exact) mass is 195 g/mol. The zero-order valence-electron chi connectivity index (χ0n) is 8.71. The lowest BCUT2D eigenvalue weighted by molar-refractivity contribution is 0.292. The van der Waals surface area contributed by atoms with Crippen molar-refractivity contribution in [2.45, 2.75) is 13.3 Å². The third-order valence-electron chi connectivity index (χ3n) is 2.01. The summed E-state index contributed by atoms with van der Waals surface area (Å²) >= 11 is 0. The van der Waals surface area contributed by atoms with Crippen molar-refractivity contribution < 1.29 is 9.84 Å². The predicted molar refractivity (Wildman–Crippen MR) is 57.9 cm³/mol. The van der Waals surface area contributed by atoms with E-state index >= 15 is 0 Å². The van der Waals surface area contributed by atoms with E-state index in [0.29, 0.717) is 0 Å². The minimum atomic E-state index is 0.209. The molecule has 0 saturated heterocycles. The summed E-state index contributed by atoms with van der Waals surface area (Å²) in [6, 6.07) is 5.99.